The normalized spacial score (nSPS) is 13.7. The zero-order valence-electron chi connectivity index (χ0n) is 9.96. The van der Waals surface area contributed by atoms with Crippen LogP contribution in [0.4, 0.5) is 0 Å². The van der Waals surface area contributed by atoms with E-state index in [4.69, 9.17) is 21.7 Å². The van der Waals surface area contributed by atoms with Gasteiger partial charge in [-0.2, -0.15) is 0 Å². The summed E-state index contributed by atoms with van der Waals surface area (Å²) in [6.07, 6.45) is 0. The van der Waals surface area contributed by atoms with E-state index < -0.39 is 24.0 Å². The monoisotopic (exact) mass is 266 g/mol. The van der Waals surface area contributed by atoms with E-state index in [1.165, 1.54) is 21.6 Å². The molecule has 0 aliphatic rings. The van der Waals surface area contributed by atoms with Gasteiger partial charge in [0.2, 0.25) is 0 Å². The number of hydrogen-bond donors (Lipinski definition) is 4. The van der Waals surface area contributed by atoms with E-state index in [0.717, 1.165) is 0 Å². The van der Waals surface area contributed by atoms with Crippen molar-refractivity contribution in [3.63, 3.8) is 0 Å². The van der Waals surface area contributed by atoms with Crippen molar-refractivity contribution < 1.29 is 22.7 Å². The van der Waals surface area contributed by atoms with E-state index in [9.17, 15) is 9.59 Å². The molecule has 15 heavy (non-hydrogen) atoms. The topological polar surface area (TPSA) is 127 Å². The minimum absolute atomic E-state index is 0. The van der Waals surface area contributed by atoms with Gasteiger partial charge in [-0.3, -0.25) is 9.59 Å². The van der Waals surface area contributed by atoms with Gasteiger partial charge in [0, 0.05) is 11.5 Å². The van der Waals surface area contributed by atoms with E-state index in [2.05, 4.69) is 0 Å². The smallest absolute Gasteiger partial charge is 1.00 e. The van der Waals surface area contributed by atoms with Gasteiger partial charge >= 0.3 is 35.0 Å². The number of carboxylic acid groups (broad SMARTS) is 2. The molecule has 0 aromatic heterocycles. The molecule has 0 aliphatic carbocycles. The van der Waals surface area contributed by atoms with E-state index in [1.54, 1.807) is 0 Å². The molecule has 0 saturated heterocycles. The molecule has 0 heterocycles. The molecular weight excluding hydrogens is 253 g/mol. The van der Waals surface area contributed by atoms with Gasteiger partial charge < -0.3 is 24.5 Å². The van der Waals surface area contributed by atoms with Crippen molar-refractivity contribution in [1.29, 1.82) is 0 Å². The van der Waals surface area contributed by atoms with Crippen LogP contribution in [0.15, 0.2) is 0 Å². The van der Waals surface area contributed by atoms with Crippen molar-refractivity contribution in [2.75, 3.05) is 11.5 Å². The summed E-state index contributed by atoms with van der Waals surface area (Å²) in [4.78, 5) is 20.5. The van der Waals surface area contributed by atoms with E-state index in [1.807, 2.05) is 0 Å². The third-order valence-electron chi connectivity index (χ3n) is 1.21. The van der Waals surface area contributed by atoms with Crippen molar-refractivity contribution in [2.45, 2.75) is 12.1 Å². The summed E-state index contributed by atoms with van der Waals surface area (Å²) in [7, 11) is 2.41. The third kappa shape index (κ3) is 9.27. The Labute approximate surface area is 114 Å². The molecule has 0 rings (SSSR count). The van der Waals surface area contributed by atoms with Gasteiger partial charge in [-0.25, -0.2) is 0 Å². The molecule has 0 fully saturated rings. The maximum Gasteiger partial charge on any atom is 2.00 e. The molecule has 0 spiro atoms. The Kier molecular flexibility index (Phi) is 11.3. The predicted octanol–water partition coefficient (Wildman–Crippen LogP) is -0.964. The zero-order valence-corrected chi connectivity index (χ0v) is 11.0. The van der Waals surface area contributed by atoms with Crippen molar-refractivity contribution in [2.24, 2.45) is 11.5 Å². The van der Waals surface area contributed by atoms with Crippen LogP contribution in [0.25, 0.3) is 0 Å². The maximum atomic E-state index is 10.3. The van der Waals surface area contributed by atoms with Gasteiger partial charge in [0.1, 0.15) is 12.1 Å². The fraction of sp³-hybridized carbons (Fsp3) is 0.667. The molecule has 0 aliphatic heterocycles. The number of aliphatic carboxylic acids is 2. The van der Waals surface area contributed by atoms with Crippen molar-refractivity contribution in [1.82, 2.24) is 0 Å². The molecule has 6 N–H and O–H groups in total. The minimum atomic E-state index is -1.07. The van der Waals surface area contributed by atoms with Gasteiger partial charge in [-0.05, 0) is 0 Å². The molecule has 0 unspecified atom stereocenters. The first-order valence-electron chi connectivity index (χ1n) is 3.66. The standard InChI is InChI=1S/C6H12N2O4S2.Mg.2H/c7-3(5(9)10)1-13-14-2-4(8)6(11)12;;;/h3-4H,1-2,7-8H2,(H,9,10)(H,11,12);;;/q;+2;2*-1/t3-,4-;;;/m0.../s1. The van der Waals surface area contributed by atoms with Gasteiger partial charge in [0.25, 0.3) is 0 Å². The van der Waals surface area contributed by atoms with Crippen LogP contribution in [0.5, 0.6) is 0 Å². The van der Waals surface area contributed by atoms with Gasteiger partial charge in [0.15, 0.2) is 0 Å². The molecule has 0 aromatic rings. The van der Waals surface area contributed by atoms with Crippen LogP contribution in [0.3, 0.4) is 0 Å². The number of rotatable bonds is 7. The Morgan fingerprint density at radius 1 is 1.07 bits per heavy atom. The quantitative estimate of drug-likeness (QED) is 0.263. The van der Waals surface area contributed by atoms with Crippen molar-refractivity contribution >= 4 is 56.6 Å². The summed E-state index contributed by atoms with van der Waals surface area (Å²) in [6, 6.07) is -1.85. The van der Waals surface area contributed by atoms with Crippen molar-refractivity contribution in [3.8, 4) is 0 Å². The number of carbonyl (C=O) groups is 2. The molecule has 0 radical (unpaired) electrons. The molecule has 6 nitrogen and oxygen atoms in total. The molecular formula is C6H14MgN2O4S2. The fourth-order valence-corrected chi connectivity index (χ4v) is 2.61. The second-order valence-electron chi connectivity index (χ2n) is 2.46. The molecule has 0 amide bonds. The Morgan fingerprint density at radius 3 is 1.53 bits per heavy atom. The van der Waals surface area contributed by atoms with Gasteiger partial charge in [-0.15, -0.1) is 0 Å². The SMILES string of the molecule is N[C@@H](CSSC[C@H](N)C(=O)O)C(=O)O.[H-].[H-].[Mg+2]. The van der Waals surface area contributed by atoms with Crippen LogP contribution in [0, 0.1) is 0 Å². The van der Waals surface area contributed by atoms with Crippen molar-refractivity contribution in [3.05, 3.63) is 0 Å². The summed E-state index contributed by atoms with van der Waals surface area (Å²) >= 11 is 0. The van der Waals surface area contributed by atoms with Gasteiger partial charge in [0.05, 0.1) is 0 Å². The first-order chi connectivity index (χ1) is 6.45. The Morgan fingerprint density at radius 2 is 1.33 bits per heavy atom. The summed E-state index contributed by atoms with van der Waals surface area (Å²) in [6.45, 7) is 0. The third-order valence-corrected chi connectivity index (χ3v) is 3.69. The van der Waals surface area contributed by atoms with E-state index in [0.29, 0.717) is 0 Å². The van der Waals surface area contributed by atoms with Gasteiger partial charge in [-0.1, -0.05) is 21.6 Å². The zero-order chi connectivity index (χ0) is 11.1. The first kappa shape index (κ1) is 17.7. The van der Waals surface area contributed by atoms with Crippen LogP contribution in [-0.2, 0) is 9.59 Å². The summed E-state index contributed by atoms with van der Waals surface area (Å²) < 4.78 is 0. The van der Waals surface area contributed by atoms with E-state index in [-0.39, 0.29) is 37.4 Å². The molecule has 2 atom stereocenters. The van der Waals surface area contributed by atoms with Crippen LogP contribution in [-0.4, -0.2) is 68.8 Å². The predicted molar refractivity (Wildman–Crippen MR) is 64.1 cm³/mol. The molecule has 0 aromatic carbocycles. The summed E-state index contributed by atoms with van der Waals surface area (Å²) in [5.41, 5.74) is 10.4. The van der Waals surface area contributed by atoms with Crippen LogP contribution in [0.2, 0.25) is 0 Å². The summed E-state index contributed by atoms with van der Waals surface area (Å²) in [5.74, 6) is -1.68. The van der Waals surface area contributed by atoms with Crippen LogP contribution >= 0.6 is 21.6 Å². The maximum absolute atomic E-state index is 10.3. The average molecular weight is 267 g/mol. The Bertz CT molecular complexity index is 206. The van der Waals surface area contributed by atoms with E-state index >= 15 is 0 Å². The summed E-state index contributed by atoms with van der Waals surface area (Å²) in [5, 5.41) is 16.8. The average Bonchev–Trinajstić information content (AvgIpc) is 2.11. The number of carboxylic acids is 2. The number of nitrogens with two attached hydrogens (primary N) is 2. The minimum Gasteiger partial charge on any atom is -1.00 e. The molecule has 9 heteroatoms. The van der Waals surface area contributed by atoms with Crippen LogP contribution < -0.4 is 11.5 Å². The first-order valence-corrected chi connectivity index (χ1v) is 6.15. The fourth-order valence-electron chi connectivity index (χ4n) is 0.385. The van der Waals surface area contributed by atoms with Crippen LogP contribution in [0.1, 0.15) is 2.85 Å². The Hall–Kier alpha value is 0.326. The second kappa shape index (κ2) is 9.54. The second-order valence-corrected chi connectivity index (χ2v) is 5.01. The Balaban J connectivity index is -0.000000282. The molecule has 0 saturated carbocycles. The molecule has 0 bridgehead atoms. The number of hydrogen-bond acceptors (Lipinski definition) is 6. The molecule has 86 valence electrons. The largest absolute Gasteiger partial charge is 2.00 e.